The van der Waals surface area contributed by atoms with Crippen LogP contribution in [0.2, 0.25) is 0 Å². The van der Waals surface area contributed by atoms with E-state index >= 15 is 0 Å². The van der Waals surface area contributed by atoms with Crippen molar-refractivity contribution >= 4 is 17.6 Å². The van der Waals surface area contributed by atoms with Gasteiger partial charge in [-0.15, -0.1) is 0 Å². The van der Waals surface area contributed by atoms with E-state index in [4.69, 9.17) is 5.26 Å². The summed E-state index contributed by atoms with van der Waals surface area (Å²) in [5.41, 5.74) is -0.119. The molecule has 8 nitrogen and oxygen atoms in total. The Kier molecular flexibility index (Phi) is 6.49. The molecular formula is C16H26N6O2. The van der Waals surface area contributed by atoms with Gasteiger partial charge in [0, 0.05) is 18.8 Å². The van der Waals surface area contributed by atoms with E-state index in [1.54, 1.807) is 10.9 Å². The van der Waals surface area contributed by atoms with Crippen LogP contribution >= 0.6 is 0 Å². The van der Waals surface area contributed by atoms with Gasteiger partial charge >= 0.3 is 11.8 Å². The van der Waals surface area contributed by atoms with Gasteiger partial charge in [-0.05, 0) is 48.2 Å². The van der Waals surface area contributed by atoms with E-state index in [1.807, 2.05) is 52.8 Å². The summed E-state index contributed by atoms with van der Waals surface area (Å²) >= 11 is 0. The molecule has 2 amide bonds. The first kappa shape index (κ1) is 19.6. The second-order valence-electron chi connectivity index (χ2n) is 6.93. The number of carbonyl (C=O) groups excluding carboxylic acids is 2. The lowest BCUT2D eigenvalue weighted by Crippen LogP contribution is -2.38. The summed E-state index contributed by atoms with van der Waals surface area (Å²) in [6.07, 6.45) is 2.28. The number of nitrogens with zero attached hydrogens (tertiary/aromatic N) is 4. The van der Waals surface area contributed by atoms with Crippen molar-refractivity contribution in [2.75, 3.05) is 26.0 Å². The highest BCUT2D eigenvalue weighted by Crippen LogP contribution is 2.19. The zero-order valence-corrected chi connectivity index (χ0v) is 15.2. The highest BCUT2D eigenvalue weighted by molar-refractivity contribution is 6.39. The lowest BCUT2D eigenvalue weighted by atomic mass is 10.1. The van der Waals surface area contributed by atoms with Crippen molar-refractivity contribution in [3.63, 3.8) is 0 Å². The summed E-state index contributed by atoms with van der Waals surface area (Å²) in [4.78, 5) is 25.8. The highest BCUT2D eigenvalue weighted by Gasteiger charge is 2.21. The van der Waals surface area contributed by atoms with Gasteiger partial charge < -0.3 is 10.2 Å². The minimum absolute atomic E-state index is 0.0919. The minimum Gasteiger partial charge on any atom is -0.348 e. The van der Waals surface area contributed by atoms with Crippen LogP contribution in [0.4, 0.5) is 5.82 Å². The number of aromatic nitrogens is 2. The Hall–Kier alpha value is -2.40. The fourth-order valence-corrected chi connectivity index (χ4v) is 1.79. The Morgan fingerprint density at radius 1 is 1.38 bits per heavy atom. The summed E-state index contributed by atoms with van der Waals surface area (Å²) in [7, 11) is 3.91. The normalized spacial score (nSPS) is 12.6. The van der Waals surface area contributed by atoms with Crippen molar-refractivity contribution in [3.8, 4) is 6.07 Å². The van der Waals surface area contributed by atoms with Crippen molar-refractivity contribution in [1.29, 1.82) is 5.26 Å². The number of anilines is 1. The van der Waals surface area contributed by atoms with Gasteiger partial charge in [-0.2, -0.15) is 10.4 Å². The number of hydrogen-bond acceptors (Lipinski definition) is 5. The third-order valence-electron chi connectivity index (χ3n) is 3.69. The maximum Gasteiger partial charge on any atom is 0.314 e. The molecule has 0 spiro atoms. The van der Waals surface area contributed by atoms with Crippen LogP contribution in [0.5, 0.6) is 0 Å². The SMILES string of the molecule is CC(CCNC(=O)C(=O)Nc1nn(C(C)(C)C)cc1C#N)N(C)C. The summed E-state index contributed by atoms with van der Waals surface area (Å²) in [5.74, 6) is -1.48. The molecule has 0 aliphatic heterocycles. The average Bonchev–Trinajstić information content (AvgIpc) is 2.89. The lowest BCUT2D eigenvalue weighted by molar-refractivity contribution is -0.136. The van der Waals surface area contributed by atoms with Crippen molar-refractivity contribution in [2.24, 2.45) is 0 Å². The zero-order chi connectivity index (χ0) is 18.5. The van der Waals surface area contributed by atoms with Gasteiger partial charge in [0.2, 0.25) is 0 Å². The zero-order valence-electron chi connectivity index (χ0n) is 15.2. The van der Waals surface area contributed by atoms with Crippen molar-refractivity contribution < 1.29 is 9.59 Å². The standard InChI is InChI=1S/C16H26N6O2/c1-11(21(5)6)7-8-18-14(23)15(24)19-13-12(9-17)10-22(20-13)16(2,3)4/h10-11H,7-8H2,1-6H3,(H,18,23)(H,19,20,24). The van der Waals surface area contributed by atoms with Gasteiger partial charge in [0.15, 0.2) is 5.82 Å². The number of carbonyl (C=O) groups is 2. The van der Waals surface area contributed by atoms with Gasteiger partial charge in [-0.3, -0.25) is 19.6 Å². The van der Waals surface area contributed by atoms with Crippen LogP contribution in [0, 0.1) is 11.3 Å². The molecule has 0 fully saturated rings. The Morgan fingerprint density at radius 2 is 2.00 bits per heavy atom. The van der Waals surface area contributed by atoms with Crippen LogP contribution in [0.3, 0.4) is 0 Å². The van der Waals surface area contributed by atoms with Gasteiger partial charge in [0.05, 0.1) is 5.54 Å². The largest absolute Gasteiger partial charge is 0.348 e. The topological polar surface area (TPSA) is 103 Å². The van der Waals surface area contributed by atoms with E-state index < -0.39 is 11.8 Å². The van der Waals surface area contributed by atoms with Crippen LogP contribution < -0.4 is 10.6 Å². The molecule has 0 saturated carbocycles. The fraction of sp³-hybridized carbons (Fsp3) is 0.625. The average molecular weight is 334 g/mol. The number of rotatable bonds is 5. The third kappa shape index (κ3) is 5.35. The molecule has 0 aliphatic carbocycles. The van der Waals surface area contributed by atoms with Crippen LogP contribution in [0.15, 0.2) is 6.20 Å². The first-order valence-corrected chi connectivity index (χ1v) is 7.82. The van der Waals surface area contributed by atoms with Gasteiger partial charge in [-0.25, -0.2) is 0 Å². The van der Waals surface area contributed by atoms with E-state index in [0.717, 1.165) is 6.42 Å². The van der Waals surface area contributed by atoms with Crippen molar-refractivity contribution in [2.45, 2.75) is 45.7 Å². The summed E-state index contributed by atoms with van der Waals surface area (Å²) in [6, 6.07) is 2.26. The van der Waals surface area contributed by atoms with E-state index in [2.05, 4.69) is 15.7 Å². The van der Waals surface area contributed by atoms with Gasteiger partial charge in [-0.1, -0.05) is 0 Å². The monoisotopic (exact) mass is 334 g/mol. The van der Waals surface area contributed by atoms with E-state index in [0.29, 0.717) is 12.6 Å². The molecule has 0 bridgehead atoms. The molecule has 2 N–H and O–H groups in total. The Morgan fingerprint density at radius 3 is 2.50 bits per heavy atom. The maximum absolute atomic E-state index is 12.0. The smallest absolute Gasteiger partial charge is 0.314 e. The summed E-state index contributed by atoms with van der Waals surface area (Å²) < 4.78 is 1.58. The van der Waals surface area contributed by atoms with E-state index in [-0.39, 0.29) is 16.9 Å². The van der Waals surface area contributed by atoms with Gasteiger partial charge in [0.1, 0.15) is 11.6 Å². The van der Waals surface area contributed by atoms with Crippen LogP contribution in [-0.2, 0) is 15.1 Å². The lowest BCUT2D eigenvalue weighted by Gasteiger charge is -2.19. The van der Waals surface area contributed by atoms with Crippen LogP contribution in [-0.4, -0.2) is 53.2 Å². The number of amides is 2. The van der Waals surface area contributed by atoms with E-state index in [9.17, 15) is 9.59 Å². The summed E-state index contributed by atoms with van der Waals surface area (Å²) in [6.45, 7) is 8.19. The molecule has 1 rings (SSSR count). The molecular weight excluding hydrogens is 308 g/mol. The molecule has 132 valence electrons. The Balaban J connectivity index is 2.66. The van der Waals surface area contributed by atoms with Crippen molar-refractivity contribution in [3.05, 3.63) is 11.8 Å². The van der Waals surface area contributed by atoms with E-state index in [1.165, 1.54) is 0 Å². The molecule has 1 aromatic heterocycles. The number of hydrogen-bond donors (Lipinski definition) is 2. The second kappa shape index (κ2) is 7.93. The Bertz CT molecular complexity index is 636. The molecule has 0 saturated heterocycles. The first-order valence-electron chi connectivity index (χ1n) is 7.82. The van der Waals surface area contributed by atoms with Crippen LogP contribution in [0.1, 0.15) is 39.7 Å². The highest BCUT2D eigenvalue weighted by atomic mass is 16.2. The molecule has 1 unspecified atom stereocenters. The third-order valence-corrected chi connectivity index (χ3v) is 3.69. The summed E-state index contributed by atoms with van der Waals surface area (Å²) in [5, 5.41) is 18.3. The van der Waals surface area contributed by atoms with Crippen molar-refractivity contribution in [1.82, 2.24) is 20.0 Å². The number of nitriles is 1. The molecule has 1 heterocycles. The predicted molar refractivity (Wildman–Crippen MR) is 91.3 cm³/mol. The fourth-order valence-electron chi connectivity index (χ4n) is 1.79. The molecule has 0 radical (unpaired) electrons. The maximum atomic E-state index is 12.0. The Labute approximate surface area is 142 Å². The molecule has 1 aromatic rings. The molecule has 0 aromatic carbocycles. The molecule has 1 atom stereocenters. The molecule has 8 heteroatoms. The second-order valence-corrected chi connectivity index (χ2v) is 6.93. The molecule has 24 heavy (non-hydrogen) atoms. The molecule has 0 aliphatic rings. The number of nitrogens with one attached hydrogen (secondary N) is 2. The predicted octanol–water partition coefficient (Wildman–Crippen LogP) is 0.905. The van der Waals surface area contributed by atoms with Gasteiger partial charge in [0.25, 0.3) is 0 Å². The minimum atomic E-state index is -0.830. The first-order chi connectivity index (χ1) is 11.1. The van der Waals surface area contributed by atoms with Crippen LogP contribution in [0.25, 0.3) is 0 Å². The quantitative estimate of drug-likeness (QED) is 0.779.